The lowest BCUT2D eigenvalue weighted by molar-refractivity contribution is -0.136. The number of aromatic nitrogens is 1. The fraction of sp³-hybridized carbons (Fsp3) is 0.467. The van der Waals surface area contributed by atoms with Gasteiger partial charge in [-0.25, -0.2) is 0 Å². The van der Waals surface area contributed by atoms with Crippen LogP contribution >= 0.6 is 0 Å². The third kappa shape index (κ3) is 2.68. The predicted molar refractivity (Wildman–Crippen MR) is 74.8 cm³/mol. The molecule has 0 saturated carbocycles. The summed E-state index contributed by atoms with van der Waals surface area (Å²) < 4.78 is 41.5. The van der Waals surface area contributed by atoms with E-state index >= 15 is 0 Å². The Morgan fingerprint density at radius 2 is 2.00 bits per heavy atom. The summed E-state index contributed by atoms with van der Waals surface area (Å²) >= 11 is 0. The van der Waals surface area contributed by atoms with Crippen molar-refractivity contribution in [1.82, 2.24) is 9.88 Å². The lowest BCUT2D eigenvalue weighted by Gasteiger charge is -2.12. The Labute approximate surface area is 116 Å². The molecule has 0 spiro atoms. The quantitative estimate of drug-likeness (QED) is 0.903. The SMILES string of the molecule is CCn1cc(CC(C)NC)c2c(C(F)(F)F)cccc21. The van der Waals surface area contributed by atoms with Crippen LogP contribution in [0.3, 0.4) is 0 Å². The van der Waals surface area contributed by atoms with Crippen molar-refractivity contribution in [2.75, 3.05) is 7.05 Å². The summed E-state index contributed by atoms with van der Waals surface area (Å²) in [6.07, 6.45) is -1.90. The van der Waals surface area contributed by atoms with Crippen LogP contribution < -0.4 is 5.32 Å². The van der Waals surface area contributed by atoms with E-state index in [1.807, 2.05) is 31.7 Å². The lowest BCUT2D eigenvalue weighted by atomic mass is 10.0. The molecule has 0 aliphatic rings. The van der Waals surface area contributed by atoms with Crippen LogP contribution in [0.15, 0.2) is 24.4 Å². The van der Waals surface area contributed by atoms with Gasteiger partial charge in [-0.2, -0.15) is 13.2 Å². The van der Waals surface area contributed by atoms with Gasteiger partial charge in [0.15, 0.2) is 0 Å². The maximum Gasteiger partial charge on any atom is 0.417 e. The molecule has 0 amide bonds. The number of benzene rings is 1. The van der Waals surface area contributed by atoms with Crippen LogP contribution in [-0.4, -0.2) is 17.7 Å². The Morgan fingerprint density at radius 3 is 2.55 bits per heavy atom. The average molecular weight is 284 g/mol. The molecule has 1 heterocycles. The molecule has 0 aliphatic heterocycles. The van der Waals surface area contributed by atoms with Crippen molar-refractivity contribution < 1.29 is 13.2 Å². The number of likely N-dealkylation sites (N-methyl/N-ethyl adjacent to an activating group) is 1. The van der Waals surface area contributed by atoms with Crippen LogP contribution in [-0.2, 0) is 19.1 Å². The van der Waals surface area contributed by atoms with Crippen molar-refractivity contribution in [1.29, 1.82) is 0 Å². The maximum absolute atomic E-state index is 13.2. The van der Waals surface area contributed by atoms with E-state index in [1.165, 1.54) is 6.07 Å². The van der Waals surface area contributed by atoms with E-state index in [-0.39, 0.29) is 6.04 Å². The molecule has 0 radical (unpaired) electrons. The standard InChI is InChI=1S/C15H19F3N2/c1-4-20-9-11(8-10(2)19-3)14-12(15(16,17)18)6-5-7-13(14)20/h5-7,9-10,19H,4,8H2,1-3H3. The summed E-state index contributed by atoms with van der Waals surface area (Å²) in [6.45, 7) is 4.56. The first-order valence-corrected chi connectivity index (χ1v) is 6.73. The fourth-order valence-corrected chi connectivity index (χ4v) is 2.52. The van der Waals surface area contributed by atoms with E-state index in [0.29, 0.717) is 23.9 Å². The number of aryl methyl sites for hydroxylation is 1. The third-order valence-electron chi connectivity index (χ3n) is 3.65. The summed E-state index contributed by atoms with van der Waals surface area (Å²) in [5.41, 5.74) is 0.859. The second-order valence-electron chi connectivity index (χ2n) is 5.03. The van der Waals surface area contributed by atoms with Gasteiger partial charge in [-0.05, 0) is 45.0 Å². The molecular formula is C15H19F3N2. The van der Waals surface area contributed by atoms with E-state index < -0.39 is 11.7 Å². The molecule has 2 rings (SSSR count). The lowest BCUT2D eigenvalue weighted by Crippen LogP contribution is -2.23. The van der Waals surface area contributed by atoms with E-state index in [2.05, 4.69) is 5.32 Å². The number of alkyl halides is 3. The molecule has 0 bridgehead atoms. The van der Waals surface area contributed by atoms with E-state index in [1.54, 1.807) is 6.07 Å². The van der Waals surface area contributed by atoms with Crippen molar-refractivity contribution in [2.24, 2.45) is 0 Å². The van der Waals surface area contributed by atoms with Gasteiger partial charge in [0, 0.05) is 29.7 Å². The van der Waals surface area contributed by atoms with Gasteiger partial charge in [0.2, 0.25) is 0 Å². The smallest absolute Gasteiger partial charge is 0.347 e. The Balaban J connectivity index is 2.67. The monoisotopic (exact) mass is 284 g/mol. The van der Waals surface area contributed by atoms with Crippen LogP contribution in [0, 0.1) is 0 Å². The minimum absolute atomic E-state index is 0.132. The van der Waals surface area contributed by atoms with Crippen molar-refractivity contribution in [3.05, 3.63) is 35.5 Å². The van der Waals surface area contributed by atoms with Crippen molar-refractivity contribution in [3.8, 4) is 0 Å². The van der Waals surface area contributed by atoms with Crippen LogP contribution in [0.4, 0.5) is 13.2 Å². The van der Waals surface area contributed by atoms with Gasteiger partial charge in [-0.3, -0.25) is 0 Å². The fourth-order valence-electron chi connectivity index (χ4n) is 2.52. The maximum atomic E-state index is 13.2. The number of fused-ring (bicyclic) bond motifs is 1. The van der Waals surface area contributed by atoms with Gasteiger partial charge in [0.25, 0.3) is 0 Å². The molecule has 110 valence electrons. The molecule has 0 fully saturated rings. The molecule has 5 heteroatoms. The number of nitrogens with zero attached hydrogens (tertiary/aromatic N) is 1. The first-order valence-electron chi connectivity index (χ1n) is 6.73. The molecule has 20 heavy (non-hydrogen) atoms. The average Bonchev–Trinajstić information content (AvgIpc) is 2.75. The van der Waals surface area contributed by atoms with Crippen LogP contribution in [0.25, 0.3) is 10.9 Å². The number of nitrogens with one attached hydrogen (secondary N) is 1. The molecule has 0 saturated heterocycles. The molecule has 2 nitrogen and oxygen atoms in total. The molecule has 1 atom stereocenters. The van der Waals surface area contributed by atoms with Crippen LogP contribution in [0.1, 0.15) is 25.0 Å². The number of hydrogen-bond acceptors (Lipinski definition) is 1. The zero-order valence-corrected chi connectivity index (χ0v) is 11.9. The van der Waals surface area contributed by atoms with Crippen molar-refractivity contribution in [3.63, 3.8) is 0 Å². The largest absolute Gasteiger partial charge is 0.417 e. The van der Waals surface area contributed by atoms with Gasteiger partial charge >= 0.3 is 6.18 Å². The third-order valence-corrected chi connectivity index (χ3v) is 3.65. The molecule has 1 aromatic carbocycles. The molecular weight excluding hydrogens is 265 g/mol. The molecule has 0 aliphatic carbocycles. The van der Waals surface area contributed by atoms with E-state index in [0.717, 1.165) is 11.6 Å². The summed E-state index contributed by atoms with van der Waals surface area (Å²) in [5.74, 6) is 0. The Bertz CT molecular complexity index is 599. The first kappa shape index (κ1) is 14.9. The zero-order chi connectivity index (χ0) is 14.9. The van der Waals surface area contributed by atoms with Crippen LogP contribution in [0.2, 0.25) is 0 Å². The predicted octanol–water partition coefficient (Wildman–Crippen LogP) is 3.83. The highest BCUT2D eigenvalue weighted by Gasteiger charge is 2.34. The topological polar surface area (TPSA) is 17.0 Å². The summed E-state index contributed by atoms with van der Waals surface area (Å²) in [4.78, 5) is 0. The van der Waals surface area contributed by atoms with Gasteiger partial charge in [0.05, 0.1) is 5.56 Å². The highest BCUT2D eigenvalue weighted by atomic mass is 19.4. The Hall–Kier alpha value is -1.49. The second-order valence-corrected chi connectivity index (χ2v) is 5.03. The minimum Gasteiger partial charge on any atom is -0.347 e. The molecule has 1 unspecified atom stereocenters. The van der Waals surface area contributed by atoms with Gasteiger partial charge in [-0.1, -0.05) is 6.07 Å². The Kier molecular flexibility index (Phi) is 4.09. The number of rotatable bonds is 4. The van der Waals surface area contributed by atoms with Crippen LogP contribution in [0.5, 0.6) is 0 Å². The highest BCUT2D eigenvalue weighted by molar-refractivity contribution is 5.88. The van der Waals surface area contributed by atoms with Gasteiger partial charge < -0.3 is 9.88 Å². The molecule has 2 aromatic rings. The van der Waals surface area contributed by atoms with E-state index in [9.17, 15) is 13.2 Å². The van der Waals surface area contributed by atoms with Crippen molar-refractivity contribution in [2.45, 2.75) is 39.0 Å². The number of hydrogen-bond donors (Lipinski definition) is 1. The van der Waals surface area contributed by atoms with Gasteiger partial charge in [-0.15, -0.1) is 0 Å². The minimum atomic E-state index is -4.32. The van der Waals surface area contributed by atoms with Crippen molar-refractivity contribution >= 4 is 10.9 Å². The molecule has 1 aromatic heterocycles. The zero-order valence-electron chi connectivity index (χ0n) is 11.9. The van der Waals surface area contributed by atoms with E-state index in [4.69, 9.17) is 0 Å². The Morgan fingerprint density at radius 1 is 1.30 bits per heavy atom. The molecule has 1 N–H and O–H groups in total. The second kappa shape index (κ2) is 5.48. The highest BCUT2D eigenvalue weighted by Crippen LogP contribution is 2.37. The first-order chi connectivity index (χ1) is 9.38. The van der Waals surface area contributed by atoms with Gasteiger partial charge in [0.1, 0.15) is 0 Å². The summed E-state index contributed by atoms with van der Waals surface area (Å²) in [5, 5.41) is 3.41. The number of halogens is 3. The summed E-state index contributed by atoms with van der Waals surface area (Å²) in [7, 11) is 1.81. The summed E-state index contributed by atoms with van der Waals surface area (Å²) in [6, 6.07) is 4.52. The normalized spacial score (nSPS) is 13.9.